The number of hydrogen-bond donors (Lipinski definition) is 16. The Bertz CT molecular complexity index is 3090. The maximum atomic E-state index is 14.5. The summed E-state index contributed by atoms with van der Waals surface area (Å²) in [5, 5.41) is 44.8. The molecule has 0 radical (unpaired) electrons. The minimum atomic E-state index is -1.76. The van der Waals surface area contributed by atoms with Crippen LogP contribution in [0.25, 0.3) is 10.9 Å². The van der Waals surface area contributed by atoms with E-state index in [1.54, 1.807) is 44.3 Å². The lowest BCUT2D eigenvalue weighted by Crippen LogP contribution is -2.61. The van der Waals surface area contributed by atoms with Gasteiger partial charge in [0.2, 0.25) is 65.0 Å². The first-order valence-corrected chi connectivity index (χ1v) is 28.2. The molecule has 11 amide bonds. The second kappa shape index (κ2) is 31.3. The number of carbonyl (C=O) groups excluding carboxylic acids is 11. The van der Waals surface area contributed by atoms with Crippen molar-refractivity contribution < 1.29 is 63.0 Å². The molecule has 2 aliphatic rings. The number of aromatic nitrogens is 3. The van der Waals surface area contributed by atoms with E-state index in [9.17, 15) is 63.0 Å². The number of fused-ring (bicyclic) bond motifs is 1. The van der Waals surface area contributed by atoms with Crippen LogP contribution >= 0.6 is 0 Å². The van der Waals surface area contributed by atoms with Gasteiger partial charge in [0, 0.05) is 67.8 Å². The van der Waals surface area contributed by atoms with E-state index in [0.29, 0.717) is 34.1 Å². The molecule has 86 heavy (non-hydrogen) atoms. The van der Waals surface area contributed by atoms with Crippen LogP contribution in [-0.2, 0) is 72.0 Å². The molecule has 0 bridgehead atoms. The highest BCUT2D eigenvalue weighted by Crippen LogP contribution is 2.22. The quantitative estimate of drug-likeness (QED) is 0.0130. The van der Waals surface area contributed by atoms with Crippen molar-refractivity contribution in [2.75, 3.05) is 26.2 Å². The summed E-state index contributed by atoms with van der Waals surface area (Å²) in [7, 11) is 0. The molecule has 2 saturated heterocycles. The van der Waals surface area contributed by atoms with Crippen LogP contribution in [0.3, 0.4) is 0 Å². The number of benzene rings is 2. The molecule has 2 fully saturated rings. The summed E-state index contributed by atoms with van der Waals surface area (Å²) < 4.78 is 0. The SMILES string of the molecule is CC(C)C[C@H](NC(=O)[C@H](C)NC(=O)[C@H](Cc1ccc(O)cc1)NC(=O)[C@H](CO)NC(=O)[C@H](Cc1c[nH]c2ccccc12)NC(=O)[C@H](Cc1cnc[nH]1)NC(=O)[C@@H]1CCC(=O)N1)C(=O)N[C@@H](CCCN=C(N)N)C(=O)N1CCC[C@H]1C(=O)NCC(N)=O. The zero-order valence-electron chi connectivity index (χ0n) is 48.0. The number of imidazole rings is 1. The van der Waals surface area contributed by atoms with Crippen LogP contribution in [0.1, 0.15) is 82.5 Å². The monoisotopic (exact) mass is 1200 g/mol. The number of amides is 11. The molecule has 2 aliphatic heterocycles. The average molecular weight is 1200 g/mol. The molecule has 4 aromatic rings. The Morgan fingerprint density at radius 2 is 1.35 bits per heavy atom. The Morgan fingerprint density at radius 1 is 0.721 bits per heavy atom. The second-order valence-electron chi connectivity index (χ2n) is 21.6. The van der Waals surface area contributed by atoms with E-state index >= 15 is 0 Å². The molecular weight excluding hydrogens is 1120 g/mol. The molecule has 2 aromatic carbocycles. The number of hydrogen-bond acceptors (Lipinski definition) is 15. The molecule has 0 unspecified atom stereocenters. The number of nitrogens with zero attached hydrogens (tertiary/aromatic N) is 3. The molecule has 0 aliphatic carbocycles. The number of aliphatic imine (C=N–C) groups is 1. The number of likely N-dealkylation sites (tertiary alicyclic amines) is 1. The van der Waals surface area contributed by atoms with Crippen molar-refractivity contribution in [3.05, 3.63) is 84.1 Å². The molecule has 0 spiro atoms. The van der Waals surface area contributed by atoms with Gasteiger partial charge >= 0.3 is 0 Å². The summed E-state index contributed by atoms with van der Waals surface area (Å²) in [5.41, 5.74) is 18.4. The van der Waals surface area contributed by atoms with Gasteiger partial charge in [0.1, 0.15) is 60.1 Å². The van der Waals surface area contributed by atoms with Gasteiger partial charge in [-0.05, 0) is 80.7 Å². The fourth-order valence-electron chi connectivity index (χ4n) is 9.93. The highest BCUT2D eigenvalue weighted by atomic mass is 16.3. The third kappa shape index (κ3) is 19.2. The first kappa shape index (κ1) is 65.5. The lowest BCUT2D eigenvalue weighted by molar-refractivity contribution is -0.142. The Labute approximate surface area is 494 Å². The van der Waals surface area contributed by atoms with Crippen molar-refractivity contribution >= 4 is 81.8 Å². The van der Waals surface area contributed by atoms with Crippen LogP contribution in [0.15, 0.2) is 72.2 Å². The molecule has 4 heterocycles. The normalized spacial score (nSPS) is 17.1. The number of rotatable bonds is 31. The minimum Gasteiger partial charge on any atom is -0.508 e. The largest absolute Gasteiger partial charge is 0.508 e. The van der Waals surface area contributed by atoms with E-state index in [4.69, 9.17) is 17.2 Å². The number of aliphatic hydroxyl groups excluding tert-OH is 1. The van der Waals surface area contributed by atoms with Crippen molar-refractivity contribution in [1.82, 2.24) is 67.7 Å². The molecule has 6 rings (SSSR count). The van der Waals surface area contributed by atoms with E-state index in [-0.39, 0.29) is 94.4 Å². The van der Waals surface area contributed by atoms with Crippen LogP contribution in [-0.4, -0.2) is 182 Å². The smallest absolute Gasteiger partial charge is 0.245 e. The van der Waals surface area contributed by atoms with E-state index in [1.165, 1.54) is 48.6 Å². The summed E-state index contributed by atoms with van der Waals surface area (Å²) in [5.74, 6) is -8.88. The predicted octanol–water partition coefficient (Wildman–Crippen LogP) is -4.00. The summed E-state index contributed by atoms with van der Waals surface area (Å²) >= 11 is 0. The zero-order chi connectivity index (χ0) is 62.6. The standard InChI is InChI=1S/C56H77N17O13/c1-29(2)20-39(50(81)67-38(10-6-18-61-56(58)59)55(86)73-19-7-11-44(73)54(85)63-26-45(57)76)68-47(78)30(3)65-49(80)40(21-31-12-14-34(75)15-13-31)69-53(84)43(27-74)72-51(82)41(22-32-24-62-36-9-5-4-8-35(32)36)70-52(83)42(23-33-25-60-28-64-33)71-48(79)37-16-17-46(77)66-37/h4-5,8-9,12-15,24-25,28-30,37-44,62,74-75H,6-7,10-11,16-23,26-27H2,1-3H3,(H2,57,76)(H,60,64)(H,63,85)(H,65,80)(H,66,77)(H,67,81)(H,68,78)(H,69,84)(H,70,83)(H,71,79)(H,72,82)(H4,58,59,61)/t30-,37-,38-,39-,40-,41-,42-,43-,44-/m0/s1. The number of para-hydroxylation sites is 1. The molecule has 19 N–H and O–H groups in total. The highest BCUT2D eigenvalue weighted by molar-refractivity contribution is 5.99. The van der Waals surface area contributed by atoms with E-state index < -0.39 is 127 Å². The molecule has 9 atom stereocenters. The van der Waals surface area contributed by atoms with Gasteiger partial charge in [0.05, 0.1) is 19.5 Å². The first-order valence-electron chi connectivity index (χ1n) is 28.2. The lowest BCUT2D eigenvalue weighted by Gasteiger charge is -2.30. The van der Waals surface area contributed by atoms with E-state index in [2.05, 4.69) is 67.8 Å². The molecule has 30 nitrogen and oxygen atoms in total. The Hall–Kier alpha value is -9.61. The number of nitrogens with one attached hydrogen (secondary N) is 11. The number of carbonyl (C=O) groups is 11. The average Bonchev–Trinajstić information content (AvgIpc) is 4.49. The van der Waals surface area contributed by atoms with Gasteiger partial charge in [-0.25, -0.2) is 4.98 Å². The molecule has 2 aromatic heterocycles. The van der Waals surface area contributed by atoms with Crippen LogP contribution in [0, 0.1) is 5.92 Å². The number of aromatic amines is 2. The van der Waals surface area contributed by atoms with Gasteiger partial charge in [0.25, 0.3) is 0 Å². The fourth-order valence-corrected chi connectivity index (χ4v) is 9.93. The second-order valence-corrected chi connectivity index (χ2v) is 21.6. The maximum Gasteiger partial charge on any atom is 0.245 e. The van der Waals surface area contributed by atoms with E-state index in [1.807, 2.05) is 0 Å². The summed E-state index contributed by atoms with van der Waals surface area (Å²) in [6.45, 7) is 3.68. The van der Waals surface area contributed by atoms with Gasteiger partial charge in [-0.15, -0.1) is 0 Å². The minimum absolute atomic E-state index is 0.0120. The fraction of sp³-hybridized carbons (Fsp3) is 0.482. The van der Waals surface area contributed by atoms with Crippen molar-refractivity contribution in [1.29, 1.82) is 0 Å². The van der Waals surface area contributed by atoms with Crippen LogP contribution in [0.5, 0.6) is 5.75 Å². The van der Waals surface area contributed by atoms with Crippen LogP contribution < -0.4 is 65.1 Å². The van der Waals surface area contributed by atoms with Crippen LogP contribution in [0.2, 0.25) is 0 Å². The number of phenolic OH excluding ortho intramolecular Hbond substituents is 1. The van der Waals surface area contributed by atoms with E-state index in [0.717, 1.165) is 0 Å². The molecule has 464 valence electrons. The zero-order valence-corrected chi connectivity index (χ0v) is 48.0. The van der Waals surface area contributed by atoms with Gasteiger partial charge in [-0.2, -0.15) is 0 Å². The summed E-state index contributed by atoms with van der Waals surface area (Å²) in [6, 6.07) is 0.931. The third-order valence-electron chi connectivity index (χ3n) is 14.4. The van der Waals surface area contributed by atoms with Gasteiger partial charge in [0.15, 0.2) is 5.96 Å². The topological polar surface area (TPSA) is 475 Å². The van der Waals surface area contributed by atoms with Crippen molar-refractivity contribution in [3.63, 3.8) is 0 Å². The number of nitrogens with two attached hydrogens (primary N) is 3. The maximum absolute atomic E-state index is 14.5. The van der Waals surface area contributed by atoms with Crippen LogP contribution in [0.4, 0.5) is 0 Å². The Balaban J connectivity index is 1.18. The number of aromatic hydroxyl groups is 1. The molecule has 0 saturated carbocycles. The Morgan fingerprint density at radius 3 is 1.99 bits per heavy atom. The number of guanidine groups is 1. The number of phenols is 1. The van der Waals surface area contributed by atoms with Crippen molar-refractivity contribution in [2.24, 2.45) is 28.1 Å². The third-order valence-corrected chi connectivity index (χ3v) is 14.4. The van der Waals surface area contributed by atoms with Crippen molar-refractivity contribution in [2.45, 2.75) is 139 Å². The number of primary amides is 1. The molecule has 30 heteroatoms. The van der Waals surface area contributed by atoms with Crippen molar-refractivity contribution in [3.8, 4) is 5.75 Å². The van der Waals surface area contributed by atoms with Gasteiger partial charge in [-0.1, -0.05) is 44.2 Å². The highest BCUT2D eigenvalue weighted by Gasteiger charge is 2.40. The number of H-pyrrole nitrogens is 2. The summed E-state index contributed by atoms with van der Waals surface area (Å²) in [4.78, 5) is 165. The lowest BCUT2D eigenvalue weighted by atomic mass is 10.0. The summed E-state index contributed by atoms with van der Waals surface area (Å²) in [6.07, 6.45) is 5.22. The first-order chi connectivity index (χ1) is 41.0. The molecular formula is C56H77N17O13. The van der Waals surface area contributed by atoms with Gasteiger partial charge < -0.3 is 90.1 Å². The Kier molecular flexibility index (Phi) is 23.9. The predicted molar refractivity (Wildman–Crippen MR) is 310 cm³/mol. The van der Waals surface area contributed by atoms with Gasteiger partial charge in [-0.3, -0.25) is 57.7 Å². The number of aliphatic hydroxyl groups is 1.